The van der Waals surface area contributed by atoms with Crippen molar-refractivity contribution in [1.82, 2.24) is 9.78 Å². The summed E-state index contributed by atoms with van der Waals surface area (Å²) in [5.41, 5.74) is 1.10. The lowest BCUT2D eigenvalue weighted by atomic mass is 10.2. The lowest BCUT2D eigenvalue weighted by Crippen LogP contribution is -1.94. The van der Waals surface area contributed by atoms with Gasteiger partial charge in [0.15, 0.2) is 0 Å². The summed E-state index contributed by atoms with van der Waals surface area (Å²) >= 11 is 5.97. The maximum absolute atomic E-state index is 5.97. The molecule has 0 saturated carbocycles. The van der Waals surface area contributed by atoms with Crippen LogP contribution in [0.5, 0.6) is 0 Å². The molecule has 1 aromatic carbocycles. The molecule has 2 rings (SSSR count). The zero-order valence-corrected chi connectivity index (χ0v) is 7.54. The van der Waals surface area contributed by atoms with Gasteiger partial charge < -0.3 is 0 Å². The van der Waals surface area contributed by atoms with Crippen LogP contribution in [0.2, 0.25) is 5.02 Å². The Morgan fingerprint density at radius 3 is 3.08 bits per heavy atom. The highest BCUT2D eigenvalue weighted by Crippen LogP contribution is 2.22. The second-order valence-electron chi connectivity index (χ2n) is 2.63. The number of rotatable bonds is 1. The largest absolute Gasteiger partial charge is 0.265 e. The summed E-state index contributed by atoms with van der Waals surface area (Å²) in [6, 6.07) is 5.85. The smallest absolute Gasteiger partial charge is 0.0697 e. The molecule has 0 amide bonds. The zero-order chi connectivity index (χ0) is 8.55. The Labute approximate surface area is 75.8 Å². The van der Waals surface area contributed by atoms with Crippen LogP contribution in [0.25, 0.3) is 10.9 Å². The minimum absolute atomic E-state index is 0.771. The van der Waals surface area contributed by atoms with E-state index < -0.39 is 0 Å². The van der Waals surface area contributed by atoms with Crippen molar-refractivity contribution in [2.75, 3.05) is 0 Å². The molecule has 2 aromatic rings. The van der Waals surface area contributed by atoms with Crippen LogP contribution in [0.15, 0.2) is 24.4 Å². The topological polar surface area (TPSA) is 17.8 Å². The van der Waals surface area contributed by atoms with Crippen molar-refractivity contribution < 1.29 is 0 Å². The SMILES string of the molecule is CCn1ncc2c(Cl)cccc21. The second-order valence-corrected chi connectivity index (χ2v) is 3.04. The molecule has 2 nitrogen and oxygen atoms in total. The van der Waals surface area contributed by atoms with E-state index in [4.69, 9.17) is 11.6 Å². The van der Waals surface area contributed by atoms with E-state index in [0.29, 0.717) is 0 Å². The fourth-order valence-corrected chi connectivity index (χ4v) is 1.54. The van der Waals surface area contributed by atoms with Crippen molar-refractivity contribution in [3.63, 3.8) is 0 Å². The molecule has 12 heavy (non-hydrogen) atoms. The molecule has 3 heteroatoms. The van der Waals surface area contributed by atoms with Crippen LogP contribution >= 0.6 is 11.6 Å². The first kappa shape index (κ1) is 7.62. The third-order valence-electron chi connectivity index (χ3n) is 1.93. The molecular formula is C9H9ClN2. The van der Waals surface area contributed by atoms with Crippen LogP contribution in [-0.4, -0.2) is 9.78 Å². The zero-order valence-electron chi connectivity index (χ0n) is 6.79. The summed E-state index contributed by atoms with van der Waals surface area (Å²) in [7, 11) is 0. The first-order valence-corrected chi connectivity index (χ1v) is 4.30. The fraction of sp³-hybridized carbons (Fsp3) is 0.222. The number of halogens is 1. The van der Waals surface area contributed by atoms with E-state index in [1.165, 1.54) is 0 Å². The van der Waals surface area contributed by atoms with E-state index in [-0.39, 0.29) is 0 Å². The molecule has 0 atom stereocenters. The van der Waals surface area contributed by atoms with Crippen LogP contribution in [0.1, 0.15) is 6.92 Å². The number of hydrogen-bond donors (Lipinski definition) is 0. The Kier molecular flexibility index (Phi) is 1.77. The van der Waals surface area contributed by atoms with Crippen molar-refractivity contribution in [1.29, 1.82) is 0 Å². The van der Waals surface area contributed by atoms with Gasteiger partial charge in [-0.15, -0.1) is 0 Å². The molecule has 0 unspecified atom stereocenters. The second kappa shape index (κ2) is 2.79. The highest BCUT2D eigenvalue weighted by atomic mass is 35.5. The predicted octanol–water partition coefficient (Wildman–Crippen LogP) is 2.71. The van der Waals surface area contributed by atoms with Gasteiger partial charge >= 0.3 is 0 Å². The van der Waals surface area contributed by atoms with Crippen molar-refractivity contribution in [3.8, 4) is 0 Å². The maximum Gasteiger partial charge on any atom is 0.0697 e. The summed E-state index contributed by atoms with van der Waals surface area (Å²) in [6.07, 6.45) is 1.81. The lowest BCUT2D eigenvalue weighted by Gasteiger charge is -1.97. The molecule has 62 valence electrons. The number of aryl methyl sites for hydroxylation is 1. The average Bonchev–Trinajstić information content (AvgIpc) is 2.49. The number of fused-ring (bicyclic) bond motifs is 1. The fourth-order valence-electron chi connectivity index (χ4n) is 1.32. The number of aromatic nitrogens is 2. The number of benzene rings is 1. The predicted molar refractivity (Wildman–Crippen MR) is 50.4 cm³/mol. The summed E-state index contributed by atoms with van der Waals surface area (Å²) in [5, 5.41) is 6.01. The first-order valence-electron chi connectivity index (χ1n) is 3.93. The van der Waals surface area contributed by atoms with Crippen molar-refractivity contribution in [2.45, 2.75) is 13.5 Å². The Morgan fingerprint density at radius 2 is 2.33 bits per heavy atom. The summed E-state index contributed by atoms with van der Waals surface area (Å²) < 4.78 is 1.93. The summed E-state index contributed by atoms with van der Waals surface area (Å²) in [5.74, 6) is 0. The van der Waals surface area contributed by atoms with Gasteiger partial charge in [0.25, 0.3) is 0 Å². The molecule has 1 aromatic heterocycles. The maximum atomic E-state index is 5.97. The third kappa shape index (κ3) is 0.994. The van der Waals surface area contributed by atoms with E-state index in [0.717, 1.165) is 22.5 Å². The highest BCUT2D eigenvalue weighted by Gasteiger charge is 2.02. The molecule has 0 spiro atoms. The Balaban J connectivity index is 2.80. The molecule has 0 N–H and O–H groups in total. The van der Waals surface area contributed by atoms with Crippen LogP contribution in [0.3, 0.4) is 0 Å². The molecule has 1 heterocycles. The molecule has 0 aliphatic heterocycles. The van der Waals surface area contributed by atoms with Crippen LogP contribution < -0.4 is 0 Å². The minimum Gasteiger partial charge on any atom is -0.265 e. The van der Waals surface area contributed by atoms with Gasteiger partial charge in [0.1, 0.15) is 0 Å². The normalized spacial score (nSPS) is 10.8. The lowest BCUT2D eigenvalue weighted by molar-refractivity contribution is 0.684. The van der Waals surface area contributed by atoms with E-state index in [1.54, 1.807) is 6.20 Å². The quantitative estimate of drug-likeness (QED) is 0.660. The van der Waals surface area contributed by atoms with Gasteiger partial charge in [0, 0.05) is 11.9 Å². The average molecular weight is 181 g/mol. The van der Waals surface area contributed by atoms with E-state index >= 15 is 0 Å². The molecular weight excluding hydrogens is 172 g/mol. The monoisotopic (exact) mass is 180 g/mol. The minimum atomic E-state index is 0.771. The molecule has 0 fully saturated rings. The van der Waals surface area contributed by atoms with Gasteiger partial charge in [-0.3, -0.25) is 4.68 Å². The first-order chi connectivity index (χ1) is 5.83. The third-order valence-corrected chi connectivity index (χ3v) is 2.26. The van der Waals surface area contributed by atoms with Crippen molar-refractivity contribution >= 4 is 22.5 Å². The molecule has 0 saturated heterocycles. The molecule has 0 bridgehead atoms. The molecule has 0 aliphatic rings. The summed E-state index contributed by atoms with van der Waals surface area (Å²) in [4.78, 5) is 0. The standard InChI is InChI=1S/C9H9ClN2/c1-2-12-9-5-3-4-8(10)7(9)6-11-12/h3-6H,2H2,1H3. The van der Waals surface area contributed by atoms with Gasteiger partial charge in [-0.05, 0) is 19.1 Å². The Hall–Kier alpha value is -1.02. The van der Waals surface area contributed by atoms with Gasteiger partial charge in [-0.1, -0.05) is 17.7 Å². The Morgan fingerprint density at radius 1 is 1.50 bits per heavy atom. The van der Waals surface area contributed by atoms with Crippen molar-refractivity contribution in [2.24, 2.45) is 0 Å². The van der Waals surface area contributed by atoms with E-state index in [9.17, 15) is 0 Å². The molecule has 0 radical (unpaired) electrons. The number of nitrogens with zero attached hydrogens (tertiary/aromatic N) is 2. The van der Waals surface area contributed by atoms with Crippen LogP contribution in [0, 0.1) is 0 Å². The van der Waals surface area contributed by atoms with Gasteiger partial charge in [0.2, 0.25) is 0 Å². The van der Waals surface area contributed by atoms with Crippen LogP contribution in [0.4, 0.5) is 0 Å². The molecule has 0 aliphatic carbocycles. The van der Waals surface area contributed by atoms with Gasteiger partial charge in [0.05, 0.1) is 16.7 Å². The van der Waals surface area contributed by atoms with Gasteiger partial charge in [-0.2, -0.15) is 5.10 Å². The summed E-state index contributed by atoms with van der Waals surface area (Å²) in [6.45, 7) is 2.94. The number of hydrogen-bond acceptors (Lipinski definition) is 1. The van der Waals surface area contributed by atoms with Crippen molar-refractivity contribution in [3.05, 3.63) is 29.4 Å². The van der Waals surface area contributed by atoms with Crippen LogP contribution in [-0.2, 0) is 6.54 Å². The Bertz CT molecular complexity index is 406. The highest BCUT2D eigenvalue weighted by molar-refractivity contribution is 6.35. The van der Waals surface area contributed by atoms with E-state index in [2.05, 4.69) is 12.0 Å². The van der Waals surface area contributed by atoms with E-state index in [1.807, 2.05) is 22.9 Å². The van der Waals surface area contributed by atoms with Gasteiger partial charge in [-0.25, -0.2) is 0 Å².